The molecule has 0 aromatic carbocycles. The summed E-state index contributed by atoms with van der Waals surface area (Å²) in [6.45, 7) is 0.722. The van der Waals surface area contributed by atoms with E-state index in [1.54, 1.807) is 0 Å². The molecule has 58 valence electrons. The third kappa shape index (κ3) is 1.40. The van der Waals surface area contributed by atoms with Gasteiger partial charge in [-0.1, -0.05) is 0 Å². The molecule has 1 fully saturated rings. The Morgan fingerprint density at radius 1 is 1.36 bits per heavy atom. The van der Waals surface area contributed by atoms with Crippen molar-refractivity contribution in [2.24, 2.45) is 0 Å². The average Bonchev–Trinajstić information content (AvgIpc) is 2.65. The maximum Gasteiger partial charge on any atom is 0.204 e. The number of carbonyl (C=O) groups excluding carboxylic acids is 1. The molecule has 0 radical (unpaired) electrons. The van der Waals surface area contributed by atoms with E-state index in [0.717, 1.165) is 13.8 Å². The summed E-state index contributed by atoms with van der Waals surface area (Å²) in [5.41, 5.74) is -0.207. The normalized spacial score (nSPS) is 26.5. The van der Waals surface area contributed by atoms with Crippen LogP contribution in [0.15, 0.2) is 19.3 Å². The van der Waals surface area contributed by atoms with Crippen LogP contribution < -0.4 is 0 Å². The molecule has 1 spiro atoms. The van der Waals surface area contributed by atoms with Gasteiger partial charge in [-0.25, -0.2) is 0 Å². The van der Waals surface area contributed by atoms with Gasteiger partial charge in [0.25, 0.3) is 0 Å². The number of carbonyl (C=O) groups is 1. The summed E-state index contributed by atoms with van der Waals surface area (Å²) in [5.74, 6) is 0.118. The maximum absolute atomic E-state index is 11.2. The predicted molar refractivity (Wildman–Crippen MR) is 57.9 cm³/mol. The highest BCUT2D eigenvalue weighted by molar-refractivity contribution is 14.1. The monoisotopic (exact) mass is 374 g/mol. The Kier molecular flexibility index (Phi) is 1.88. The van der Waals surface area contributed by atoms with Crippen LogP contribution in [0.3, 0.4) is 0 Å². The molecule has 11 heavy (non-hydrogen) atoms. The first-order chi connectivity index (χ1) is 5.13. The van der Waals surface area contributed by atoms with Crippen LogP contribution in [0.2, 0.25) is 0 Å². The van der Waals surface area contributed by atoms with Crippen molar-refractivity contribution in [2.45, 2.75) is 5.60 Å². The summed E-state index contributed by atoms with van der Waals surface area (Å²) in [7, 11) is 0. The molecule has 2 aliphatic rings. The van der Waals surface area contributed by atoms with Crippen molar-refractivity contribution in [3.63, 3.8) is 0 Å². The lowest BCUT2D eigenvalue weighted by Crippen LogP contribution is -2.13. The largest absolute Gasteiger partial charge is 0.361 e. The van der Waals surface area contributed by atoms with Crippen molar-refractivity contribution >= 4 is 51.0 Å². The van der Waals surface area contributed by atoms with Gasteiger partial charge in [-0.3, -0.25) is 4.79 Å². The minimum absolute atomic E-state index is 0.118. The minimum atomic E-state index is -0.207. The second kappa shape index (κ2) is 2.53. The quantitative estimate of drug-likeness (QED) is 0.480. The Morgan fingerprint density at radius 3 is 2.18 bits per heavy atom. The Morgan fingerprint density at radius 2 is 1.82 bits per heavy atom. The predicted octanol–water partition coefficient (Wildman–Crippen LogP) is 1.98. The molecular formula is C7H4I2O2. The van der Waals surface area contributed by atoms with E-state index in [0.29, 0.717) is 0 Å². The number of rotatable bonds is 0. The van der Waals surface area contributed by atoms with Gasteiger partial charge in [0, 0.05) is 0 Å². The number of allylic oxidation sites excluding steroid dienone is 2. The molecule has 0 saturated carbocycles. The number of epoxide rings is 1. The molecule has 0 aromatic rings. The van der Waals surface area contributed by atoms with Crippen molar-refractivity contribution in [3.05, 3.63) is 19.3 Å². The summed E-state index contributed by atoms with van der Waals surface area (Å²) in [6, 6.07) is 0. The molecule has 2 nitrogen and oxygen atoms in total. The van der Waals surface area contributed by atoms with E-state index in [1.165, 1.54) is 0 Å². The Bertz CT molecular complexity index is 263. The second-order valence-electron chi connectivity index (χ2n) is 2.56. The van der Waals surface area contributed by atoms with Gasteiger partial charge in [-0.15, -0.1) is 0 Å². The zero-order chi connectivity index (χ0) is 8.06. The van der Waals surface area contributed by atoms with Crippen molar-refractivity contribution in [1.82, 2.24) is 0 Å². The number of ketones is 1. The standard InChI is InChI=1S/C7H4I2O2/c8-4-1-7(3-11-7)2-5(9)6(4)10/h1-2H,3H2. The zero-order valence-electron chi connectivity index (χ0n) is 5.43. The number of Topliss-reactive ketones (excluding diaryl/α,β-unsaturated/α-hetero) is 1. The molecule has 0 unspecified atom stereocenters. The van der Waals surface area contributed by atoms with Crippen LogP contribution >= 0.6 is 45.2 Å². The van der Waals surface area contributed by atoms with Crippen LogP contribution in [0.5, 0.6) is 0 Å². The van der Waals surface area contributed by atoms with E-state index in [1.807, 2.05) is 57.3 Å². The van der Waals surface area contributed by atoms with Crippen LogP contribution in [0.1, 0.15) is 0 Å². The molecule has 0 N–H and O–H groups in total. The van der Waals surface area contributed by atoms with E-state index < -0.39 is 0 Å². The van der Waals surface area contributed by atoms with Crippen LogP contribution in [0.25, 0.3) is 0 Å². The Balaban J connectivity index is 2.40. The van der Waals surface area contributed by atoms with Gasteiger partial charge in [0.15, 0.2) is 0 Å². The first-order valence-corrected chi connectivity index (χ1v) is 5.24. The lowest BCUT2D eigenvalue weighted by Gasteiger charge is -2.09. The van der Waals surface area contributed by atoms with Gasteiger partial charge in [-0.2, -0.15) is 0 Å². The average molecular weight is 374 g/mol. The van der Waals surface area contributed by atoms with E-state index in [-0.39, 0.29) is 11.4 Å². The molecule has 2 rings (SSSR count). The van der Waals surface area contributed by atoms with Crippen LogP contribution in [-0.2, 0) is 9.53 Å². The molecular weight excluding hydrogens is 370 g/mol. The Labute approximate surface area is 91.3 Å². The fourth-order valence-electron chi connectivity index (χ4n) is 0.966. The highest BCUT2D eigenvalue weighted by atomic mass is 127. The van der Waals surface area contributed by atoms with Crippen LogP contribution in [0.4, 0.5) is 0 Å². The van der Waals surface area contributed by atoms with E-state index in [9.17, 15) is 4.79 Å². The van der Waals surface area contributed by atoms with Gasteiger partial charge < -0.3 is 4.74 Å². The smallest absolute Gasteiger partial charge is 0.204 e. The lowest BCUT2D eigenvalue weighted by molar-refractivity contribution is -0.110. The summed E-state index contributed by atoms with van der Waals surface area (Å²) >= 11 is 4.10. The molecule has 1 heterocycles. The van der Waals surface area contributed by atoms with Gasteiger partial charge in [0.05, 0.1) is 13.8 Å². The van der Waals surface area contributed by atoms with E-state index in [4.69, 9.17) is 4.74 Å². The molecule has 0 atom stereocenters. The maximum atomic E-state index is 11.2. The highest BCUT2D eigenvalue weighted by Gasteiger charge is 2.44. The molecule has 1 aliphatic carbocycles. The number of hydrogen-bond donors (Lipinski definition) is 0. The molecule has 1 aliphatic heterocycles. The molecule has 0 aromatic heterocycles. The highest BCUT2D eigenvalue weighted by Crippen LogP contribution is 2.39. The van der Waals surface area contributed by atoms with Gasteiger partial charge in [-0.05, 0) is 57.3 Å². The molecule has 1 saturated heterocycles. The third-order valence-corrected chi connectivity index (χ3v) is 3.26. The number of hydrogen-bond acceptors (Lipinski definition) is 2. The molecule has 0 amide bonds. The number of ether oxygens (including phenoxy) is 1. The second-order valence-corrected chi connectivity index (χ2v) is 4.88. The Hall–Kier alpha value is 0.570. The topological polar surface area (TPSA) is 29.6 Å². The van der Waals surface area contributed by atoms with Gasteiger partial charge in [0.1, 0.15) is 5.60 Å². The summed E-state index contributed by atoms with van der Waals surface area (Å²) < 4.78 is 6.75. The van der Waals surface area contributed by atoms with Crippen molar-refractivity contribution < 1.29 is 9.53 Å². The SMILES string of the molecule is O=C1C(I)=CC2(C=C1I)CO2. The zero-order valence-corrected chi connectivity index (χ0v) is 9.75. The van der Waals surface area contributed by atoms with Crippen molar-refractivity contribution in [1.29, 1.82) is 0 Å². The summed E-state index contributed by atoms with van der Waals surface area (Å²) in [5, 5.41) is 0. The third-order valence-electron chi connectivity index (χ3n) is 1.65. The van der Waals surface area contributed by atoms with Crippen molar-refractivity contribution in [2.75, 3.05) is 6.61 Å². The van der Waals surface area contributed by atoms with Crippen molar-refractivity contribution in [3.8, 4) is 0 Å². The first kappa shape index (κ1) is 8.18. The van der Waals surface area contributed by atoms with Crippen LogP contribution in [0, 0.1) is 0 Å². The summed E-state index contributed by atoms with van der Waals surface area (Å²) in [6.07, 6.45) is 3.77. The lowest BCUT2D eigenvalue weighted by atomic mass is 10.0. The van der Waals surface area contributed by atoms with E-state index >= 15 is 0 Å². The summed E-state index contributed by atoms with van der Waals surface area (Å²) in [4.78, 5) is 11.2. The fourth-order valence-corrected chi connectivity index (χ4v) is 3.12. The van der Waals surface area contributed by atoms with Crippen LogP contribution in [-0.4, -0.2) is 18.0 Å². The van der Waals surface area contributed by atoms with Gasteiger partial charge in [0.2, 0.25) is 5.78 Å². The van der Waals surface area contributed by atoms with E-state index in [2.05, 4.69) is 0 Å². The first-order valence-electron chi connectivity index (χ1n) is 3.08. The minimum Gasteiger partial charge on any atom is -0.361 e. The number of halogens is 2. The molecule has 4 heteroatoms. The van der Waals surface area contributed by atoms with Gasteiger partial charge >= 0.3 is 0 Å². The fraction of sp³-hybridized carbons (Fsp3) is 0.286. The molecule has 0 bridgehead atoms.